The van der Waals surface area contributed by atoms with E-state index in [9.17, 15) is 4.79 Å². The van der Waals surface area contributed by atoms with E-state index >= 15 is 0 Å². The Kier molecular flexibility index (Phi) is 4.12. The molecule has 1 aromatic rings. The summed E-state index contributed by atoms with van der Waals surface area (Å²) in [5, 5.41) is 3.16. The maximum Gasteiger partial charge on any atom is 0.354 e. The van der Waals surface area contributed by atoms with E-state index < -0.39 is 12.3 Å². The lowest BCUT2D eigenvalue weighted by molar-refractivity contribution is -0.165. The molecule has 1 aromatic carbocycles. The zero-order valence-corrected chi connectivity index (χ0v) is 11.8. The standard InChI is InChI=1S/C14H16ClNO3/c1-8(2)18-14-12(11(15)13(17)19-14)16-10-7-5-4-6-9(10)3/h4-8,14,16H,1-3H3/t14-/m0/s1. The first-order valence-electron chi connectivity index (χ1n) is 6.08. The second-order valence-electron chi connectivity index (χ2n) is 4.59. The number of anilines is 1. The molecular formula is C14H16ClNO3. The fourth-order valence-electron chi connectivity index (χ4n) is 1.74. The van der Waals surface area contributed by atoms with E-state index in [1.165, 1.54) is 0 Å². The summed E-state index contributed by atoms with van der Waals surface area (Å²) in [4.78, 5) is 11.5. The molecule has 0 radical (unpaired) electrons. The van der Waals surface area contributed by atoms with Gasteiger partial charge in [0.1, 0.15) is 5.70 Å². The first kappa shape index (κ1) is 13.9. The van der Waals surface area contributed by atoms with Crippen molar-refractivity contribution < 1.29 is 14.3 Å². The Morgan fingerprint density at radius 2 is 2.05 bits per heavy atom. The van der Waals surface area contributed by atoms with Gasteiger partial charge in [-0.05, 0) is 32.4 Å². The number of carbonyl (C=O) groups is 1. The van der Waals surface area contributed by atoms with Crippen LogP contribution in [-0.4, -0.2) is 18.4 Å². The second-order valence-corrected chi connectivity index (χ2v) is 4.97. The number of para-hydroxylation sites is 1. The molecule has 1 N–H and O–H groups in total. The van der Waals surface area contributed by atoms with Crippen LogP contribution in [0.2, 0.25) is 0 Å². The van der Waals surface area contributed by atoms with E-state index in [4.69, 9.17) is 21.1 Å². The third-order valence-electron chi connectivity index (χ3n) is 2.68. The highest BCUT2D eigenvalue weighted by atomic mass is 35.5. The lowest BCUT2D eigenvalue weighted by Crippen LogP contribution is -2.24. The number of cyclic esters (lactones) is 1. The number of aryl methyl sites for hydroxylation is 1. The van der Waals surface area contributed by atoms with E-state index in [2.05, 4.69) is 5.32 Å². The summed E-state index contributed by atoms with van der Waals surface area (Å²) in [6, 6.07) is 7.71. The monoisotopic (exact) mass is 281 g/mol. The van der Waals surface area contributed by atoms with Crippen LogP contribution >= 0.6 is 11.6 Å². The van der Waals surface area contributed by atoms with Gasteiger partial charge in [-0.25, -0.2) is 4.79 Å². The van der Waals surface area contributed by atoms with Crippen LogP contribution in [0.5, 0.6) is 0 Å². The number of benzene rings is 1. The lowest BCUT2D eigenvalue weighted by atomic mass is 10.2. The first-order valence-corrected chi connectivity index (χ1v) is 6.45. The number of rotatable bonds is 4. The van der Waals surface area contributed by atoms with E-state index in [0.29, 0.717) is 5.70 Å². The Morgan fingerprint density at radius 3 is 2.68 bits per heavy atom. The minimum Gasteiger partial charge on any atom is -0.425 e. The Hall–Kier alpha value is -1.52. The van der Waals surface area contributed by atoms with Crippen LogP contribution in [0, 0.1) is 6.92 Å². The van der Waals surface area contributed by atoms with Crippen LogP contribution in [0.25, 0.3) is 0 Å². The first-order chi connectivity index (χ1) is 8.99. The van der Waals surface area contributed by atoms with E-state index in [0.717, 1.165) is 11.3 Å². The zero-order valence-electron chi connectivity index (χ0n) is 11.1. The number of ether oxygens (including phenoxy) is 2. The van der Waals surface area contributed by atoms with Crippen LogP contribution in [0.1, 0.15) is 19.4 Å². The summed E-state index contributed by atoms with van der Waals surface area (Å²) < 4.78 is 10.6. The fraction of sp³-hybridized carbons (Fsp3) is 0.357. The SMILES string of the molecule is Cc1ccccc1NC1=C(Cl)C(=O)O[C@@H]1OC(C)C. The molecule has 0 saturated heterocycles. The van der Waals surface area contributed by atoms with Crippen LogP contribution in [0.3, 0.4) is 0 Å². The minimum absolute atomic E-state index is 0.0360. The summed E-state index contributed by atoms with van der Waals surface area (Å²) in [5.41, 5.74) is 2.36. The number of hydrogen-bond donors (Lipinski definition) is 1. The summed E-state index contributed by atoms with van der Waals surface area (Å²) in [7, 11) is 0. The maximum atomic E-state index is 11.5. The average Bonchev–Trinajstić information content (AvgIpc) is 2.59. The van der Waals surface area contributed by atoms with Gasteiger partial charge >= 0.3 is 5.97 Å². The molecule has 1 heterocycles. The van der Waals surface area contributed by atoms with E-state index in [1.54, 1.807) is 0 Å². The third-order valence-corrected chi connectivity index (χ3v) is 3.03. The molecular weight excluding hydrogens is 266 g/mol. The van der Waals surface area contributed by atoms with Gasteiger partial charge in [0.25, 0.3) is 0 Å². The Balaban J connectivity index is 2.25. The zero-order chi connectivity index (χ0) is 14.0. The summed E-state index contributed by atoms with van der Waals surface area (Å²) in [6.45, 7) is 5.70. The van der Waals surface area contributed by atoms with Gasteiger partial charge in [-0.3, -0.25) is 0 Å². The smallest absolute Gasteiger partial charge is 0.354 e. The molecule has 4 nitrogen and oxygen atoms in total. The molecule has 0 unspecified atom stereocenters. The molecule has 1 atom stereocenters. The van der Waals surface area contributed by atoms with E-state index in [-0.39, 0.29) is 11.1 Å². The van der Waals surface area contributed by atoms with Crippen LogP contribution in [0.4, 0.5) is 5.69 Å². The largest absolute Gasteiger partial charge is 0.425 e. The molecule has 0 spiro atoms. The molecule has 102 valence electrons. The molecule has 0 amide bonds. The van der Waals surface area contributed by atoms with Gasteiger partial charge in [-0.1, -0.05) is 29.8 Å². The van der Waals surface area contributed by atoms with Gasteiger partial charge in [0.05, 0.1) is 6.10 Å². The Labute approximate surface area is 117 Å². The van der Waals surface area contributed by atoms with Crippen molar-refractivity contribution in [3.63, 3.8) is 0 Å². The van der Waals surface area contributed by atoms with Gasteiger partial charge in [0, 0.05) is 5.69 Å². The van der Waals surface area contributed by atoms with Gasteiger partial charge in [0.15, 0.2) is 5.03 Å². The molecule has 0 fully saturated rings. The molecule has 0 bridgehead atoms. The van der Waals surface area contributed by atoms with Crippen LogP contribution in [-0.2, 0) is 14.3 Å². The van der Waals surface area contributed by atoms with Crippen molar-refractivity contribution in [2.75, 3.05) is 5.32 Å². The lowest BCUT2D eigenvalue weighted by Gasteiger charge is -2.19. The molecule has 5 heteroatoms. The van der Waals surface area contributed by atoms with Crippen LogP contribution in [0.15, 0.2) is 35.0 Å². The highest BCUT2D eigenvalue weighted by Crippen LogP contribution is 2.29. The molecule has 0 aliphatic carbocycles. The molecule has 0 saturated carbocycles. The van der Waals surface area contributed by atoms with Gasteiger partial charge in [0.2, 0.25) is 6.29 Å². The van der Waals surface area contributed by atoms with Crippen molar-refractivity contribution in [2.45, 2.75) is 33.2 Å². The number of hydrogen-bond acceptors (Lipinski definition) is 4. The van der Waals surface area contributed by atoms with Crippen molar-refractivity contribution in [3.8, 4) is 0 Å². The number of halogens is 1. The fourth-order valence-corrected chi connectivity index (χ4v) is 1.92. The van der Waals surface area contributed by atoms with Crippen molar-refractivity contribution in [2.24, 2.45) is 0 Å². The predicted octanol–water partition coefficient (Wildman–Crippen LogP) is 3.17. The number of carbonyl (C=O) groups excluding carboxylic acids is 1. The molecule has 2 rings (SSSR count). The summed E-state index contributed by atoms with van der Waals surface area (Å²) >= 11 is 5.97. The molecule has 0 aromatic heterocycles. The molecule has 19 heavy (non-hydrogen) atoms. The Morgan fingerprint density at radius 1 is 1.37 bits per heavy atom. The molecule has 1 aliphatic heterocycles. The van der Waals surface area contributed by atoms with Crippen molar-refractivity contribution in [1.29, 1.82) is 0 Å². The second kappa shape index (κ2) is 5.63. The maximum absolute atomic E-state index is 11.5. The van der Waals surface area contributed by atoms with Crippen molar-refractivity contribution >= 4 is 23.3 Å². The van der Waals surface area contributed by atoms with Gasteiger partial charge in [-0.2, -0.15) is 0 Å². The summed E-state index contributed by atoms with van der Waals surface area (Å²) in [6.07, 6.45) is -0.853. The van der Waals surface area contributed by atoms with Crippen molar-refractivity contribution in [1.82, 2.24) is 0 Å². The van der Waals surface area contributed by atoms with Crippen LogP contribution < -0.4 is 5.32 Å². The molecule has 1 aliphatic rings. The summed E-state index contributed by atoms with van der Waals surface area (Å²) in [5.74, 6) is -0.566. The minimum atomic E-state index is -0.778. The predicted molar refractivity (Wildman–Crippen MR) is 73.8 cm³/mol. The number of nitrogens with one attached hydrogen (secondary N) is 1. The topological polar surface area (TPSA) is 47.6 Å². The van der Waals surface area contributed by atoms with E-state index in [1.807, 2.05) is 45.0 Å². The normalized spacial score (nSPS) is 19.0. The Bertz CT molecular complexity index is 525. The van der Waals surface area contributed by atoms with Gasteiger partial charge < -0.3 is 14.8 Å². The third kappa shape index (κ3) is 3.08. The quantitative estimate of drug-likeness (QED) is 0.861. The van der Waals surface area contributed by atoms with Crippen molar-refractivity contribution in [3.05, 3.63) is 40.6 Å². The highest BCUT2D eigenvalue weighted by Gasteiger charge is 2.35. The number of esters is 1. The average molecular weight is 282 g/mol. The van der Waals surface area contributed by atoms with Gasteiger partial charge in [-0.15, -0.1) is 0 Å². The highest BCUT2D eigenvalue weighted by molar-refractivity contribution is 6.42.